The van der Waals surface area contributed by atoms with Crippen molar-refractivity contribution in [3.05, 3.63) is 35.4 Å². The fourth-order valence-electron chi connectivity index (χ4n) is 2.24. The van der Waals surface area contributed by atoms with Crippen molar-refractivity contribution in [2.45, 2.75) is 25.3 Å². The van der Waals surface area contributed by atoms with Crippen molar-refractivity contribution < 1.29 is 0 Å². The number of nitrogens with zero attached hydrogens (tertiary/aromatic N) is 1. The molecule has 1 unspecified atom stereocenters. The Morgan fingerprint density at radius 1 is 1.25 bits per heavy atom. The van der Waals surface area contributed by atoms with Crippen LogP contribution >= 0.6 is 0 Å². The zero-order valence-corrected chi connectivity index (χ0v) is 10.4. The number of hydrogen-bond donors (Lipinski definition) is 1. The minimum absolute atomic E-state index is 0.600. The third kappa shape index (κ3) is 3.06. The minimum atomic E-state index is 0.600. The molecule has 2 rings (SSSR count). The van der Waals surface area contributed by atoms with Crippen LogP contribution in [0.25, 0.3) is 0 Å². The fraction of sp³-hybridized carbons (Fsp3) is 0.571. The lowest BCUT2D eigenvalue weighted by atomic mass is 10.0. The molecule has 0 saturated carbocycles. The molecule has 0 aromatic heterocycles. The van der Waals surface area contributed by atoms with Gasteiger partial charge in [0.1, 0.15) is 0 Å². The van der Waals surface area contributed by atoms with Crippen LogP contribution in [0.15, 0.2) is 24.3 Å². The zero-order valence-electron chi connectivity index (χ0n) is 10.4. The van der Waals surface area contributed by atoms with Gasteiger partial charge >= 0.3 is 0 Å². The van der Waals surface area contributed by atoms with Crippen LogP contribution in [0, 0.1) is 0 Å². The molecule has 1 fully saturated rings. The Balaban J connectivity index is 1.93. The zero-order chi connectivity index (χ0) is 11.4. The molecule has 0 amide bonds. The lowest BCUT2D eigenvalue weighted by Crippen LogP contribution is -2.15. The highest BCUT2D eigenvalue weighted by Gasteiger charge is 2.15. The summed E-state index contributed by atoms with van der Waals surface area (Å²) in [6.07, 6.45) is 3.75. The third-order valence-corrected chi connectivity index (χ3v) is 3.29. The van der Waals surface area contributed by atoms with Gasteiger partial charge < -0.3 is 10.2 Å². The van der Waals surface area contributed by atoms with Crippen molar-refractivity contribution in [2.75, 3.05) is 27.2 Å². The second-order valence-corrected chi connectivity index (χ2v) is 4.94. The highest BCUT2D eigenvalue weighted by molar-refractivity contribution is 5.25. The number of likely N-dealkylation sites (N-methyl/N-ethyl adjacent to an activating group) is 1. The maximum absolute atomic E-state index is 3.53. The average molecular weight is 218 g/mol. The molecule has 1 saturated heterocycles. The topological polar surface area (TPSA) is 15.3 Å². The normalized spacial score (nSPS) is 20.6. The van der Waals surface area contributed by atoms with Gasteiger partial charge in [-0.05, 0) is 51.0 Å². The van der Waals surface area contributed by atoms with Gasteiger partial charge in [-0.15, -0.1) is 0 Å². The lowest BCUT2D eigenvalue weighted by molar-refractivity contribution is 0.413. The maximum Gasteiger partial charge on any atom is 0.0320 e. The Morgan fingerprint density at radius 3 is 2.56 bits per heavy atom. The first-order chi connectivity index (χ1) is 7.75. The summed E-state index contributed by atoms with van der Waals surface area (Å²) in [6.45, 7) is 2.30. The van der Waals surface area contributed by atoms with E-state index >= 15 is 0 Å². The van der Waals surface area contributed by atoms with Crippen molar-refractivity contribution >= 4 is 0 Å². The smallest absolute Gasteiger partial charge is 0.0320 e. The molecule has 88 valence electrons. The molecule has 1 N–H and O–H groups in total. The maximum atomic E-state index is 3.53. The molecule has 0 bridgehead atoms. The number of benzene rings is 1. The van der Waals surface area contributed by atoms with Crippen LogP contribution in [-0.2, 0) is 6.42 Å². The van der Waals surface area contributed by atoms with Gasteiger partial charge in [0.15, 0.2) is 0 Å². The highest BCUT2D eigenvalue weighted by Crippen LogP contribution is 2.23. The predicted molar refractivity (Wildman–Crippen MR) is 68.7 cm³/mol. The minimum Gasteiger partial charge on any atom is -0.310 e. The fourth-order valence-corrected chi connectivity index (χ4v) is 2.24. The first-order valence-corrected chi connectivity index (χ1v) is 6.22. The van der Waals surface area contributed by atoms with E-state index in [1.165, 1.54) is 30.5 Å². The van der Waals surface area contributed by atoms with E-state index in [4.69, 9.17) is 0 Å². The van der Waals surface area contributed by atoms with Crippen LogP contribution in [0.2, 0.25) is 0 Å². The number of nitrogens with one attached hydrogen (secondary N) is 1. The van der Waals surface area contributed by atoms with Gasteiger partial charge in [0, 0.05) is 12.6 Å². The molecule has 2 heteroatoms. The summed E-state index contributed by atoms with van der Waals surface area (Å²) in [7, 11) is 4.24. The van der Waals surface area contributed by atoms with Crippen LogP contribution in [-0.4, -0.2) is 32.1 Å². The Morgan fingerprint density at radius 2 is 2.00 bits per heavy atom. The molecule has 1 aliphatic rings. The SMILES string of the molecule is CN(C)CCc1ccc(C2CCCN2)cc1. The summed E-state index contributed by atoms with van der Waals surface area (Å²) in [5, 5.41) is 3.53. The molecule has 1 heterocycles. The van der Waals surface area contributed by atoms with Crippen LogP contribution in [0.4, 0.5) is 0 Å². The van der Waals surface area contributed by atoms with Gasteiger partial charge in [0.25, 0.3) is 0 Å². The van der Waals surface area contributed by atoms with Gasteiger partial charge in [-0.3, -0.25) is 0 Å². The number of rotatable bonds is 4. The van der Waals surface area contributed by atoms with Gasteiger partial charge in [0.05, 0.1) is 0 Å². The largest absolute Gasteiger partial charge is 0.310 e. The van der Waals surface area contributed by atoms with E-state index in [2.05, 4.69) is 48.6 Å². The van der Waals surface area contributed by atoms with E-state index in [0.29, 0.717) is 6.04 Å². The van der Waals surface area contributed by atoms with Gasteiger partial charge in [-0.2, -0.15) is 0 Å². The molecule has 16 heavy (non-hydrogen) atoms. The van der Waals surface area contributed by atoms with Gasteiger partial charge in [-0.25, -0.2) is 0 Å². The van der Waals surface area contributed by atoms with E-state index in [9.17, 15) is 0 Å². The molecule has 1 atom stereocenters. The molecular weight excluding hydrogens is 196 g/mol. The Hall–Kier alpha value is -0.860. The van der Waals surface area contributed by atoms with E-state index in [0.717, 1.165) is 13.0 Å². The quantitative estimate of drug-likeness (QED) is 0.833. The summed E-state index contributed by atoms with van der Waals surface area (Å²) in [5.74, 6) is 0. The van der Waals surface area contributed by atoms with Crippen molar-refractivity contribution in [1.82, 2.24) is 10.2 Å². The predicted octanol–water partition coefficient (Wildman–Crippen LogP) is 2.22. The van der Waals surface area contributed by atoms with Crippen molar-refractivity contribution in [3.8, 4) is 0 Å². The van der Waals surface area contributed by atoms with Crippen molar-refractivity contribution in [3.63, 3.8) is 0 Å². The Bertz CT molecular complexity index is 310. The Labute approximate surface area is 98.7 Å². The summed E-state index contributed by atoms with van der Waals surface area (Å²) >= 11 is 0. The van der Waals surface area contributed by atoms with E-state index in [-0.39, 0.29) is 0 Å². The first kappa shape index (κ1) is 11.6. The van der Waals surface area contributed by atoms with Crippen LogP contribution in [0.3, 0.4) is 0 Å². The molecule has 0 spiro atoms. The van der Waals surface area contributed by atoms with E-state index in [1.54, 1.807) is 0 Å². The molecule has 0 aliphatic carbocycles. The standard InChI is InChI=1S/C14H22N2/c1-16(2)11-9-12-5-7-13(8-6-12)14-4-3-10-15-14/h5-8,14-15H,3-4,9-11H2,1-2H3. The number of hydrogen-bond acceptors (Lipinski definition) is 2. The van der Waals surface area contributed by atoms with Gasteiger partial charge in [-0.1, -0.05) is 24.3 Å². The van der Waals surface area contributed by atoms with Crippen LogP contribution in [0.1, 0.15) is 30.0 Å². The highest BCUT2D eigenvalue weighted by atomic mass is 15.0. The van der Waals surface area contributed by atoms with Gasteiger partial charge in [0.2, 0.25) is 0 Å². The van der Waals surface area contributed by atoms with Crippen molar-refractivity contribution in [1.29, 1.82) is 0 Å². The monoisotopic (exact) mass is 218 g/mol. The molecular formula is C14H22N2. The molecule has 1 aromatic rings. The molecule has 0 radical (unpaired) electrons. The summed E-state index contributed by atoms with van der Waals surface area (Å²) in [5.41, 5.74) is 2.89. The molecule has 1 aromatic carbocycles. The second-order valence-electron chi connectivity index (χ2n) is 4.94. The van der Waals surface area contributed by atoms with E-state index < -0.39 is 0 Å². The summed E-state index contributed by atoms with van der Waals surface area (Å²) in [6, 6.07) is 9.72. The first-order valence-electron chi connectivity index (χ1n) is 6.22. The molecule has 1 aliphatic heterocycles. The summed E-state index contributed by atoms with van der Waals surface area (Å²) in [4.78, 5) is 2.23. The third-order valence-electron chi connectivity index (χ3n) is 3.29. The average Bonchev–Trinajstić information content (AvgIpc) is 2.80. The Kier molecular flexibility index (Phi) is 3.97. The lowest BCUT2D eigenvalue weighted by Gasteiger charge is -2.12. The van der Waals surface area contributed by atoms with Crippen LogP contribution < -0.4 is 5.32 Å². The second kappa shape index (κ2) is 5.46. The molecule has 2 nitrogen and oxygen atoms in total. The van der Waals surface area contributed by atoms with Crippen LogP contribution in [0.5, 0.6) is 0 Å². The van der Waals surface area contributed by atoms with E-state index in [1.807, 2.05) is 0 Å². The van der Waals surface area contributed by atoms with Crippen molar-refractivity contribution in [2.24, 2.45) is 0 Å². The summed E-state index contributed by atoms with van der Waals surface area (Å²) < 4.78 is 0.